The van der Waals surface area contributed by atoms with Crippen molar-refractivity contribution in [2.45, 2.75) is 0 Å². The van der Waals surface area contributed by atoms with E-state index in [1.165, 1.54) is 11.3 Å². The third kappa shape index (κ3) is 1.77. The van der Waals surface area contributed by atoms with Crippen LogP contribution in [0.25, 0.3) is 21.6 Å². The molecule has 2 heterocycles. The molecule has 0 amide bonds. The fourth-order valence-electron chi connectivity index (χ4n) is 1.60. The van der Waals surface area contributed by atoms with Gasteiger partial charge >= 0.3 is 5.69 Å². The lowest BCUT2D eigenvalue weighted by Crippen LogP contribution is -1.99. The van der Waals surface area contributed by atoms with Gasteiger partial charge in [-0.05, 0) is 34.1 Å². The standard InChI is InChI=1S/C10H7BrN4OS/c11-7-8(12)15-9(17-7)4-1-2-5-6(3-4)14-10(16)13-5/h1-3H,12H2,(H2,13,14,16). The summed E-state index contributed by atoms with van der Waals surface area (Å²) in [5, 5.41) is 0.818. The van der Waals surface area contributed by atoms with Gasteiger partial charge in [0.1, 0.15) is 14.6 Å². The maximum absolute atomic E-state index is 11.1. The molecule has 0 saturated heterocycles. The van der Waals surface area contributed by atoms with Crippen LogP contribution in [0.3, 0.4) is 0 Å². The molecule has 2 aromatic heterocycles. The van der Waals surface area contributed by atoms with E-state index in [2.05, 4.69) is 30.9 Å². The number of imidazole rings is 1. The van der Waals surface area contributed by atoms with E-state index in [1.807, 2.05) is 18.2 Å². The maximum Gasteiger partial charge on any atom is 0.323 e. The molecule has 0 aliphatic rings. The number of anilines is 1. The van der Waals surface area contributed by atoms with Crippen molar-refractivity contribution in [1.82, 2.24) is 15.0 Å². The molecule has 0 unspecified atom stereocenters. The number of hydrogen-bond acceptors (Lipinski definition) is 4. The molecule has 4 N–H and O–H groups in total. The zero-order valence-corrected chi connectivity index (χ0v) is 10.9. The van der Waals surface area contributed by atoms with Gasteiger partial charge in [0.2, 0.25) is 0 Å². The minimum atomic E-state index is -0.211. The smallest absolute Gasteiger partial charge is 0.323 e. The second kappa shape index (κ2) is 3.71. The molecule has 86 valence electrons. The Hall–Kier alpha value is -1.60. The van der Waals surface area contributed by atoms with E-state index in [9.17, 15) is 4.79 Å². The highest BCUT2D eigenvalue weighted by atomic mass is 79.9. The van der Waals surface area contributed by atoms with Gasteiger partial charge in [0.25, 0.3) is 0 Å². The molecular formula is C10H7BrN4OS. The Labute approximate surface area is 108 Å². The van der Waals surface area contributed by atoms with Gasteiger partial charge < -0.3 is 15.7 Å². The van der Waals surface area contributed by atoms with Crippen LogP contribution >= 0.6 is 27.3 Å². The summed E-state index contributed by atoms with van der Waals surface area (Å²) in [6.07, 6.45) is 0. The Kier molecular flexibility index (Phi) is 2.30. The number of rotatable bonds is 1. The van der Waals surface area contributed by atoms with Gasteiger partial charge in [0.05, 0.1) is 11.0 Å². The number of aromatic nitrogens is 3. The van der Waals surface area contributed by atoms with Gasteiger partial charge in [0.15, 0.2) is 0 Å². The molecule has 0 fully saturated rings. The molecular weight excluding hydrogens is 304 g/mol. The van der Waals surface area contributed by atoms with Crippen LogP contribution in [-0.4, -0.2) is 15.0 Å². The first-order chi connectivity index (χ1) is 8.13. The van der Waals surface area contributed by atoms with E-state index >= 15 is 0 Å². The number of H-pyrrole nitrogens is 2. The molecule has 3 rings (SSSR count). The quantitative estimate of drug-likeness (QED) is 0.644. The number of nitrogens with two attached hydrogens (primary N) is 1. The zero-order chi connectivity index (χ0) is 12.0. The minimum Gasteiger partial charge on any atom is -0.382 e. The lowest BCUT2D eigenvalue weighted by Gasteiger charge is -1.95. The van der Waals surface area contributed by atoms with E-state index in [0.717, 1.165) is 25.4 Å². The predicted octanol–water partition coefficient (Wildman–Crippen LogP) is 2.32. The summed E-state index contributed by atoms with van der Waals surface area (Å²) in [7, 11) is 0. The Morgan fingerprint density at radius 3 is 2.76 bits per heavy atom. The van der Waals surface area contributed by atoms with E-state index in [4.69, 9.17) is 5.73 Å². The first kappa shape index (κ1) is 10.5. The maximum atomic E-state index is 11.1. The van der Waals surface area contributed by atoms with E-state index in [0.29, 0.717) is 5.82 Å². The predicted molar refractivity (Wildman–Crippen MR) is 72.1 cm³/mol. The summed E-state index contributed by atoms with van der Waals surface area (Å²) in [5.74, 6) is 0.479. The molecule has 0 saturated carbocycles. The Bertz CT molecular complexity index is 738. The van der Waals surface area contributed by atoms with Gasteiger partial charge in [-0.15, -0.1) is 11.3 Å². The highest BCUT2D eigenvalue weighted by Crippen LogP contribution is 2.33. The number of thiazole rings is 1. The van der Waals surface area contributed by atoms with Gasteiger partial charge in [-0.1, -0.05) is 0 Å². The molecule has 0 radical (unpaired) electrons. The van der Waals surface area contributed by atoms with Crippen LogP contribution in [0.2, 0.25) is 0 Å². The van der Waals surface area contributed by atoms with Crippen molar-refractivity contribution >= 4 is 44.1 Å². The fraction of sp³-hybridized carbons (Fsp3) is 0. The molecule has 3 aromatic rings. The number of nitrogens with one attached hydrogen (secondary N) is 2. The average molecular weight is 311 g/mol. The van der Waals surface area contributed by atoms with Crippen molar-refractivity contribution < 1.29 is 0 Å². The molecule has 0 aliphatic heterocycles. The van der Waals surface area contributed by atoms with Crippen molar-refractivity contribution in [2.75, 3.05) is 5.73 Å². The molecule has 0 atom stereocenters. The van der Waals surface area contributed by atoms with Crippen LogP contribution < -0.4 is 11.4 Å². The zero-order valence-electron chi connectivity index (χ0n) is 8.45. The fourth-order valence-corrected chi connectivity index (χ4v) is 2.86. The van der Waals surface area contributed by atoms with Crippen LogP contribution in [0.1, 0.15) is 0 Å². The van der Waals surface area contributed by atoms with Gasteiger partial charge in [-0.3, -0.25) is 0 Å². The van der Waals surface area contributed by atoms with Crippen molar-refractivity contribution in [3.8, 4) is 10.6 Å². The summed E-state index contributed by atoms with van der Waals surface area (Å²) >= 11 is 4.80. The molecule has 1 aromatic carbocycles. The highest BCUT2D eigenvalue weighted by molar-refractivity contribution is 9.11. The summed E-state index contributed by atoms with van der Waals surface area (Å²) in [4.78, 5) is 20.8. The number of nitrogens with zero attached hydrogens (tertiary/aromatic N) is 1. The Balaban J connectivity index is 2.20. The first-order valence-electron chi connectivity index (χ1n) is 4.78. The third-order valence-corrected chi connectivity index (χ3v) is 4.17. The van der Waals surface area contributed by atoms with Crippen molar-refractivity contribution in [1.29, 1.82) is 0 Å². The van der Waals surface area contributed by atoms with Gasteiger partial charge in [-0.2, -0.15) is 0 Å². The van der Waals surface area contributed by atoms with Crippen LogP contribution in [0, 0.1) is 0 Å². The Morgan fingerprint density at radius 2 is 2.06 bits per heavy atom. The lowest BCUT2D eigenvalue weighted by atomic mass is 10.2. The number of benzene rings is 1. The summed E-state index contributed by atoms with van der Waals surface area (Å²) in [6.45, 7) is 0. The second-order valence-electron chi connectivity index (χ2n) is 3.52. The molecule has 0 spiro atoms. The number of halogens is 1. The third-order valence-electron chi connectivity index (χ3n) is 2.37. The monoisotopic (exact) mass is 310 g/mol. The van der Waals surface area contributed by atoms with Crippen LogP contribution in [-0.2, 0) is 0 Å². The topological polar surface area (TPSA) is 87.6 Å². The summed E-state index contributed by atoms with van der Waals surface area (Å²) in [5.41, 5.74) is 7.94. The first-order valence-corrected chi connectivity index (χ1v) is 6.38. The van der Waals surface area contributed by atoms with E-state index in [1.54, 1.807) is 0 Å². The summed E-state index contributed by atoms with van der Waals surface area (Å²) in [6, 6.07) is 5.61. The van der Waals surface area contributed by atoms with Crippen molar-refractivity contribution in [2.24, 2.45) is 0 Å². The van der Waals surface area contributed by atoms with Crippen LogP contribution in [0.5, 0.6) is 0 Å². The van der Waals surface area contributed by atoms with Crippen molar-refractivity contribution in [3.05, 3.63) is 32.5 Å². The normalized spacial score (nSPS) is 11.1. The van der Waals surface area contributed by atoms with E-state index in [-0.39, 0.29) is 5.69 Å². The molecule has 7 heteroatoms. The second-order valence-corrected chi connectivity index (χ2v) is 5.83. The number of fused-ring (bicyclic) bond motifs is 1. The highest BCUT2D eigenvalue weighted by Gasteiger charge is 2.09. The van der Waals surface area contributed by atoms with Crippen LogP contribution in [0.15, 0.2) is 26.8 Å². The molecule has 0 bridgehead atoms. The number of aromatic amines is 2. The van der Waals surface area contributed by atoms with Gasteiger partial charge in [0, 0.05) is 5.56 Å². The van der Waals surface area contributed by atoms with Crippen molar-refractivity contribution in [3.63, 3.8) is 0 Å². The molecule has 0 aliphatic carbocycles. The molecule has 5 nitrogen and oxygen atoms in total. The number of nitrogen functional groups attached to an aromatic ring is 1. The van der Waals surface area contributed by atoms with Crippen LogP contribution in [0.4, 0.5) is 5.82 Å². The largest absolute Gasteiger partial charge is 0.382 e. The SMILES string of the molecule is Nc1nc(-c2ccc3[nH]c(=O)[nH]c3c2)sc1Br. The number of hydrogen-bond donors (Lipinski definition) is 3. The summed E-state index contributed by atoms with van der Waals surface area (Å²) < 4.78 is 0.815. The minimum absolute atomic E-state index is 0.211. The lowest BCUT2D eigenvalue weighted by molar-refractivity contribution is 1.21. The average Bonchev–Trinajstić information content (AvgIpc) is 2.80. The Morgan fingerprint density at radius 1 is 1.29 bits per heavy atom. The van der Waals surface area contributed by atoms with Gasteiger partial charge in [-0.25, -0.2) is 9.78 Å². The molecule has 17 heavy (non-hydrogen) atoms. The van der Waals surface area contributed by atoms with E-state index < -0.39 is 0 Å².